The van der Waals surface area contributed by atoms with E-state index >= 15 is 0 Å². The number of hydrogen-bond acceptors (Lipinski definition) is 2. The van der Waals surface area contributed by atoms with E-state index in [0.717, 1.165) is 22.2 Å². The molecule has 0 aliphatic heterocycles. The summed E-state index contributed by atoms with van der Waals surface area (Å²) in [5, 5.41) is 12.5. The molecular weight excluding hydrogens is 310 g/mol. The molecule has 25 heavy (non-hydrogen) atoms. The lowest BCUT2D eigenvalue weighted by atomic mass is 10.0. The second-order valence-electron chi connectivity index (χ2n) is 5.85. The maximum atomic E-state index is 10.9. The maximum Gasteiger partial charge on any atom is 0.335 e. The molecule has 0 bridgehead atoms. The Morgan fingerprint density at radius 2 is 1.60 bits per heavy atom. The molecule has 0 fully saturated rings. The Morgan fingerprint density at radius 3 is 2.40 bits per heavy atom. The van der Waals surface area contributed by atoms with Gasteiger partial charge in [0.15, 0.2) is 0 Å². The van der Waals surface area contributed by atoms with Gasteiger partial charge in [0.1, 0.15) is 0 Å². The van der Waals surface area contributed by atoms with Crippen LogP contribution < -0.4 is 0 Å². The van der Waals surface area contributed by atoms with E-state index in [2.05, 4.69) is 24.3 Å². The number of aromatic carboxylic acids is 1. The van der Waals surface area contributed by atoms with Crippen LogP contribution in [-0.2, 0) is 0 Å². The van der Waals surface area contributed by atoms with Crippen LogP contribution in [0.4, 0.5) is 0 Å². The lowest BCUT2D eigenvalue weighted by molar-refractivity contribution is 0.0697. The zero-order chi connectivity index (χ0) is 17.2. The Labute approximate surface area is 144 Å². The lowest BCUT2D eigenvalue weighted by Crippen LogP contribution is -1.94. The first-order valence-corrected chi connectivity index (χ1v) is 8.01. The van der Waals surface area contributed by atoms with Crippen molar-refractivity contribution < 1.29 is 9.90 Å². The summed E-state index contributed by atoms with van der Waals surface area (Å²) in [5.41, 5.74) is 3.05. The van der Waals surface area contributed by atoms with Crippen molar-refractivity contribution in [2.45, 2.75) is 0 Å². The van der Waals surface area contributed by atoms with Crippen LogP contribution in [0.15, 0.2) is 72.8 Å². The van der Waals surface area contributed by atoms with E-state index in [-0.39, 0.29) is 5.56 Å². The van der Waals surface area contributed by atoms with Gasteiger partial charge in [-0.05, 0) is 46.7 Å². The maximum absolute atomic E-state index is 10.9. The van der Waals surface area contributed by atoms with Crippen LogP contribution in [0, 0.1) is 0 Å². The van der Waals surface area contributed by atoms with Crippen LogP contribution in [-0.4, -0.2) is 16.1 Å². The molecule has 1 N–H and O–H groups in total. The fraction of sp³-hybridized carbons (Fsp3) is 0. The molecule has 0 spiro atoms. The van der Waals surface area contributed by atoms with Gasteiger partial charge in [0.25, 0.3) is 0 Å². The second kappa shape index (κ2) is 6.21. The fourth-order valence-electron chi connectivity index (χ4n) is 2.91. The third-order valence-electron chi connectivity index (χ3n) is 4.22. The molecule has 0 unspecified atom stereocenters. The number of carboxylic acid groups (broad SMARTS) is 1. The molecular formula is C22H15NO2. The summed E-state index contributed by atoms with van der Waals surface area (Å²) >= 11 is 0. The molecule has 0 atom stereocenters. The number of pyridine rings is 1. The van der Waals surface area contributed by atoms with E-state index in [1.54, 1.807) is 24.3 Å². The SMILES string of the molecule is O=C(O)c1ccc(/C=C/c2ccc3c(ccc4ccccc43)n2)cc1. The number of rotatable bonds is 3. The van der Waals surface area contributed by atoms with Gasteiger partial charge >= 0.3 is 5.97 Å². The highest BCUT2D eigenvalue weighted by Crippen LogP contribution is 2.24. The first-order valence-electron chi connectivity index (χ1n) is 8.01. The third-order valence-corrected chi connectivity index (χ3v) is 4.22. The Kier molecular flexibility index (Phi) is 3.75. The summed E-state index contributed by atoms with van der Waals surface area (Å²) in [7, 11) is 0. The molecule has 0 aliphatic rings. The molecule has 1 heterocycles. The van der Waals surface area contributed by atoms with Crippen LogP contribution in [0.3, 0.4) is 0 Å². The number of aromatic nitrogens is 1. The van der Waals surface area contributed by atoms with Gasteiger partial charge in [-0.3, -0.25) is 0 Å². The zero-order valence-electron chi connectivity index (χ0n) is 13.4. The van der Waals surface area contributed by atoms with Crippen molar-refractivity contribution in [1.82, 2.24) is 4.98 Å². The normalized spacial score (nSPS) is 11.4. The van der Waals surface area contributed by atoms with Gasteiger partial charge in [-0.2, -0.15) is 0 Å². The first-order chi connectivity index (χ1) is 12.2. The van der Waals surface area contributed by atoms with E-state index in [0.29, 0.717) is 0 Å². The smallest absolute Gasteiger partial charge is 0.335 e. The molecule has 0 radical (unpaired) electrons. The Balaban J connectivity index is 1.67. The average molecular weight is 325 g/mol. The van der Waals surface area contributed by atoms with Gasteiger partial charge in [0.05, 0.1) is 16.8 Å². The molecule has 0 saturated heterocycles. The number of hydrogen-bond donors (Lipinski definition) is 1. The highest BCUT2D eigenvalue weighted by atomic mass is 16.4. The van der Waals surface area contributed by atoms with E-state index in [1.807, 2.05) is 36.4 Å². The van der Waals surface area contributed by atoms with Gasteiger partial charge in [-0.15, -0.1) is 0 Å². The van der Waals surface area contributed by atoms with Crippen molar-refractivity contribution in [2.24, 2.45) is 0 Å². The minimum Gasteiger partial charge on any atom is -0.478 e. The predicted molar refractivity (Wildman–Crippen MR) is 102 cm³/mol. The highest BCUT2D eigenvalue weighted by Gasteiger charge is 2.02. The Hall–Kier alpha value is -3.46. The van der Waals surface area contributed by atoms with E-state index < -0.39 is 5.97 Å². The lowest BCUT2D eigenvalue weighted by Gasteiger charge is -2.04. The summed E-state index contributed by atoms with van der Waals surface area (Å²) in [4.78, 5) is 15.6. The van der Waals surface area contributed by atoms with E-state index in [1.165, 1.54) is 10.8 Å². The summed E-state index contributed by atoms with van der Waals surface area (Å²) < 4.78 is 0. The number of benzene rings is 3. The molecule has 1 aromatic heterocycles. The summed E-state index contributed by atoms with van der Waals surface area (Å²) in [5.74, 6) is -0.918. The zero-order valence-corrected chi connectivity index (χ0v) is 13.4. The highest BCUT2D eigenvalue weighted by molar-refractivity contribution is 6.06. The standard InChI is InChI=1S/C22H15NO2/c24-22(25)17-8-5-15(6-9-17)7-11-18-12-13-20-19-4-2-1-3-16(19)10-14-21(20)23-18/h1-14H,(H,24,25)/b11-7+. The second-order valence-corrected chi connectivity index (χ2v) is 5.85. The van der Waals surface area contributed by atoms with Gasteiger partial charge in [0.2, 0.25) is 0 Å². The topological polar surface area (TPSA) is 50.2 Å². The molecule has 4 rings (SSSR count). The Bertz CT molecular complexity index is 1110. The van der Waals surface area contributed by atoms with Crippen LogP contribution in [0.25, 0.3) is 33.8 Å². The fourth-order valence-corrected chi connectivity index (χ4v) is 2.91. The van der Waals surface area contributed by atoms with Crippen LogP contribution in [0.5, 0.6) is 0 Å². The summed E-state index contributed by atoms with van der Waals surface area (Å²) in [6, 6.07) is 23.3. The molecule has 4 aromatic rings. The number of nitrogens with zero attached hydrogens (tertiary/aromatic N) is 1. The molecule has 3 heteroatoms. The third kappa shape index (κ3) is 3.00. The van der Waals surface area contributed by atoms with Crippen molar-refractivity contribution in [3.8, 4) is 0 Å². The molecule has 3 aromatic carbocycles. The number of carboxylic acids is 1. The molecule has 120 valence electrons. The molecule has 0 aliphatic carbocycles. The number of carbonyl (C=O) groups is 1. The van der Waals surface area contributed by atoms with Gasteiger partial charge in [-0.25, -0.2) is 9.78 Å². The molecule has 3 nitrogen and oxygen atoms in total. The van der Waals surface area contributed by atoms with Crippen molar-refractivity contribution in [3.05, 3.63) is 89.6 Å². The van der Waals surface area contributed by atoms with Crippen LogP contribution in [0.1, 0.15) is 21.6 Å². The van der Waals surface area contributed by atoms with Gasteiger partial charge in [-0.1, -0.05) is 54.6 Å². The van der Waals surface area contributed by atoms with Crippen molar-refractivity contribution >= 4 is 39.8 Å². The van der Waals surface area contributed by atoms with E-state index in [9.17, 15) is 4.79 Å². The van der Waals surface area contributed by atoms with Crippen LogP contribution in [0.2, 0.25) is 0 Å². The molecule has 0 saturated carbocycles. The van der Waals surface area contributed by atoms with Gasteiger partial charge < -0.3 is 5.11 Å². The van der Waals surface area contributed by atoms with Crippen molar-refractivity contribution in [1.29, 1.82) is 0 Å². The van der Waals surface area contributed by atoms with Gasteiger partial charge in [0, 0.05) is 5.39 Å². The van der Waals surface area contributed by atoms with Crippen LogP contribution >= 0.6 is 0 Å². The first kappa shape index (κ1) is 15.1. The van der Waals surface area contributed by atoms with E-state index in [4.69, 9.17) is 10.1 Å². The minimum absolute atomic E-state index is 0.285. The molecule has 0 amide bonds. The number of fused-ring (bicyclic) bond motifs is 3. The van der Waals surface area contributed by atoms with Crippen molar-refractivity contribution in [3.63, 3.8) is 0 Å². The average Bonchev–Trinajstić information content (AvgIpc) is 2.66. The Morgan fingerprint density at radius 1 is 0.800 bits per heavy atom. The minimum atomic E-state index is -0.918. The quantitative estimate of drug-likeness (QED) is 0.523. The largest absolute Gasteiger partial charge is 0.478 e. The predicted octanol–water partition coefficient (Wildman–Crippen LogP) is 5.26. The summed E-state index contributed by atoms with van der Waals surface area (Å²) in [6.07, 6.45) is 3.87. The van der Waals surface area contributed by atoms with Crippen molar-refractivity contribution in [2.75, 3.05) is 0 Å². The summed E-state index contributed by atoms with van der Waals surface area (Å²) in [6.45, 7) is 0. The monoisotopic (exact) mass is 325 g/mol.